The summed E-state index contributed by atoms with van der Waals surface area (Å²) in [6, 6.07) is 0. The molecule has 0 aliphatic rings. The molecule has 2 aromatic rings. The van der Waals surface area contributed by atoms with Gasteiger partial charge in [0.05, 0.1) is 23.5 Å². The van der Waals surface area contributed by atoms with Crippen LogP contribution in [0.2, 0.25) is 0 Å². The van der Waals surface area contributed by atoms with Crippen LogP contribution in [-0.4, -0.2) is 45.0 Å². The van der Waals surface area contributed by atoms with Crippen molar-refractivity contribution in [3.63, 3.8) is 0 Å². The van der Waals surface area contributed by atoms with Gasteiger partial charge in [0.15, 0.2) is 0 Å². The van der Waals surface area contributed by atoms with E-state index in [-0.39, 0.29) is 5.91 Å². The maximum atomic E-state index is 12.4. The summed E-state index contributed by atoms with van der Waals surface area (Å²) in [5.74, 6) is -0.0368. The average molecular weight is 247 g/mol. The van der Waals surface area contributed by atoms with Crippen molar-refractivity contribution < 1.29 is 4.79 Å². The van der Waals surface area contributed by atoms with Gasteiger partial charge < -0.3 is 10.6 Å². The van der Waals surface area contributed by atoms with Gasteiger partial charge in [0.2, 0.25) is 0 Å². The summed E-state index contributed by atoms with van der Waals surface area (Å²) in [5.41, 5.74) is 6.83. The molecule has 2 rings (SSSR count). The fourth-order valence-electron chi connectivity index (χ4n) is 1.91. The molecular formula is C12H17N5O. The van der Waals surface area contributed by atoms with Crippen LogP contribution in [-0.2, 0) is 0 Å². The zero-order valence-corrected chi connectivity index (χ0v) is 10.4. The van der Waals surface area contributed by atoms with Crippen LogP contribution in [0.15, 0.2) is 24.8 Å². The third kappa shape index (κ3) is 2.33. The second-order valence-electron chi connectivity index (χ2n) is 4.05. The van der Waals surface area contributed by atoms with Gasteiger partial charge in [-0.25, -0.2) is 4.52 Å². The van der Waals surface area contributed by atoms with Crippen LogP contribution >= 0.6 is 0 Å². The van der Waals surface area contributed by atoms with Gasteiger partial charge in [0, 0.05) is 32.0 Å². The molecule has 6 heteroatoms. The summed E-state index contributed by atoms with van der Waals surface area (Å²) in [6.45, 7) is 3.76. The summed E-state index contributed by atoms with van der Waals surface area (Å²) in [7, 11) is 0. The molecule has 0 aliphatic carbocycles. The highest BCUT2D eigenvalue weighted by Crippen LogP contribution is 2.12. The largest absolute Gasteiger partial charge is 0.337 e. The summed E-state index contributed by atoms with van der Waals surface area (Å²) < 4.78 is 1.65. The number of carbonyl (C=O) groups is 1. The van der Waals surface area contributed by atoms with Crippen LogP contribution in [0.4, 0.5) is 0 Å². The Morgan fingerprint density at radius 2 is 2.28 bits per heavy atom. The Kier molecular flexibility index (Phi) is 3.88. The second kappa shape index (κ2) is 5.59. The number of hydrogen-bond donors (Lipinski definition) is 1. The molecule has 6 nitrogen and oxygen atoms in total. The molecule has 2 N–H and O–H groups in total. The minimum atomic E-state index is -0.0368. The van der Waals surface area contributed by atoms with Gasteiger partial charge in [-0.1, -0.05) is 6.92 Å². The molecule has 0 atom stereocenters. The van der Waals surface area contributed by atoms with Gasteiger partial charge in [-0.05, 0) is 6.42 Å². The molecule has 0 saturated heterocycles. The Morgan fingerprint density at radius 1 is 1.44 bits per heavy atom. The summed E-state index contributed by atoms with van der Waals surface area (Å²) >= 11 is 0. The Hall–Kier alpha value is -1.95. The second-order valence-corrected chi connectivity index (χ2v) is 4.05. The number of amides is 1. The van der Waals surface area contributed by atoms with Crippen molar-refractivity contribution >= 4 is 11.4 Å². The Morgan fingerprint density at radius 3 is 3.00 bits per heavy atom. The molecule has 0 bridgehead atoms. The van der Waals surface area contributed by atoms with Crippen LogP contribution in [0, 0.1) is 0 Å². The molecule has 0 radical (unpaired) electrons. The number of carbonyl (C=O) groups excluding carboxylic acids is 1. The number of fused-ring (bicyclic) bond motifs is 1. The smallest absolute Gasteiger partial charge is 0.257 e. The minimum absolute atomic E-state index is 0.0368. The Bertz CT molecular complexity index is 530. The molecule has 0 aliphatic heterocycles. The van der Waals surface area contributed by atoms with Crippen molar-refractivity contribution in [3.8, 4) is 0 Å². The van der Waals surface area contributed by atoms with Gasteiger partial charge in [-0.15, -0.1) is 0 Å². The molecular weight excluding hydrogens is 230 g/mol. The number of aromatic nitrogens is 3. The van der Waals surface area contributed by atoms with Crippen molar-refractivity contribution in [1.29, 1.82) is 0 Å². The van der Waals surface area contributed by atoms with E-state index in [0.717, 1.165) is 11.9 Å². The molecule has 1 amide bonds. The van der Waals surface area contributed by atoms with Gasteiger partial charge >= 0.3 is 0 Å². The van der Waals surface area contributed by atoms with Gasteiger partial charge in [0.1, 0.15) is 0 Å². The topological polar surface area (TPSA) is 76.5 Å². The lowest BCUT2D eigenvalue weighted by Gasteiger charge is -2.20. The monoisotopic (exact) mass is 247 g/mol. The fraction of sp³-hybridized carbons (Fsp3) is 0.417. The van der Waals surface area contributed by atoms with E-state index >= 15 is 0 Å². The van der Waals surface area contributed by atoms with E-state index < -0.39 is 0 Å². The van der Waals surface area contributed by atoms with E-state index in [1.54, 1.807) is 34.2 Å². The molecule has 2 heterocycles. The highest BCUT2D eigenvalue weighted by Gasteiger charge is 2.18. The van der Waals surface area contributed by atoms with Crippen LogP contribution in [0.1, 0.15) is 23.7 Å². The van der Waals surface area contributed by atoms with E-state index in [9.17, 15) is 4.79 Å². The quantitative estimate of drug-likeness (QED) is 0.836. The molecule has 0 fully saturated rings. The van der Waals surface area contributed by atoms with Crippen molar-refractivity contribution in [1.82, 2.24) is 19.5 Å². The summed E-state index contributed by atoms with van der Waals surface area (Å²) in [6.07, 6.45) is 7.49. The SMILES string of the molecule is CCCN(CCN)C(=O)c1cnn2ccncc12. The third-order valence-electron chi connectivity index (χ3n) is 2.73. The first-order valence-corrected chi connectivity index (χ1v) is 6.04. The number of hydrogen-bond acceptors (Lipinski definition) is 4. The molecule has 96 valence electrons. The molecule has 0 saturated carbocycles. The molecule has 0 aromatic carbocycles. The molecule has 0 unspecified atom stereocenters. The van der Waals surface area contributed by atoms with E-state index in [1.165, 1.54) is 0 Å². The molecule has 18 heavy (non-hydrogen) atoms. The van der Waals surface area contributed by atoms with Gasteiger partial charge in [0.25, 0.3) is 5.91 Å². The van der Waals surface area contributed by atoms with Crippen molar-refractivity contribution in [2.75, 3.05) is 19.6 Å². The Balaban J connectivity index is 2.31. The van der Waals surface area contributed by atoms with Crippen LogP contribution < -0.4 is 5.73 Å². The third-order valence-corrected chi connectivity index (χ3v) is 2.73. The maximum Gasteiger partial charge on any atom is 0.257 e. The summed E-state index contributed by atoms with van der Waals surface area (Å²) in [5, 5.41) is 4.14. The van der Waals surface area contributed by atoms with Crippen LogP contribution in [0.5, 0.6) is 0 Å². The lowest BCUT2D eigenvalue weighted by atomic mass is 10.2. The molecule has 0 spiro atoms. The maximum absolute atomic E-state index is 12.4. The van der Waals surface area contributed by atoms with E-state index in [2.05, 4.69) is 10.1 Å². The lowest BCUT2D eigenvalue weighted by molar-refractivity contribution is 0.0762. The van der Waals surface area contributed by atoms with Crippen LogP contribution in [0.3, 0.4) is 0 Å². The first-order valence-electron chi connectivity index (χ1n) is 6.04. The first-order chi connectivity index (χ1) is 8.77. The van der Waals surface area contributed by atoms with E-state index in [0.29, 0.717) is 25.2 Å². The lowest BCUT2D eigenvalue weighted by Crippen LogP contribution is -2.35. The normalized spacial score (nSPS) is 10.8. The van der Waals surface area contributed by atoms with E-state index in [1.807, 2.05) is 6.92 Å². The number of rotatable bonds is 5. The number of nitrogens with two attached hydrogens (primary N) is 1. The van der Waals surface area contributed by atoms with Gasteiger partial charge in [-0.3, -0.25) is 9.78 Å². The van der Waals surface area contributed by atoms with Crippen molar-refractivity contribution in [3.05, 3.63) is 30.4 Å². The highest BCUT2D eigenvalue weighted by atomic mass is 16.2. The zero-order chi connectivity index (χ0) is 13.0. The number of nitrogens with zero attached hydrogens (tertiary/aromatic N) is 4. The van der Waals surface area contributed by atoms with Gasteiger partial charge in [-0.2, -0.15) is 5.10 Å². The standard InChI is InChI=1S/C12H17N5O/c1-2-5-16(6-3-13)12(18)10-8-15-17-7-4-14-9-11(10)17/h4,7-9H,2-3,5-6,13H2,1H3. The zero-order valence-electron chi connectivity index (χ0n) is 10.4. The van der Waals surface area contributed by atoms with Crippen LogP contribution in [0.25, 0.3) is 5.52 Å². The molecule has 2 aromatic heterocycles. The van der Waals surface area contributed by atoms with E-state index in [4.69, 9.17) is 5.73 Å². The minimum Gasteiger partial charge on any atom is -0.337 e. The predicted molar refractivity (Wildman–Crippen MR) is 68.2 cm³/mol. The van der Waals surface area contributed by atoms with Crippen molar-refractivity contribution in [2.45, 2.75) is 13.3 Å². The predicted octanol–water partition coefficient (Wildman–Crippen LogP) is 0.540. The fourth-order valence-corrected chi connectivity index (χ4v) is 1.91. The highest BCUT2D eigenvalue weighted by molar-refractivity contribution is 6.00. The summed E-state index contributed by atoms with van der Waals surface area (Å²) in [4.78, 5) is 18.2. The van der Waals surface area contributed by atoms with Crippen molar-refractivity contribution in [2.24, 2.45) is 5.73 Å². The first kappa shape index (κ1) is 12.5. The Labute approximate surface area is 105 Å². The average Bonchev–Trinajstić information content (AvgIpc) is 2.81.